The largest absolute Gasteiger partial charge is 0.450 e. The van der Waals surface area contributed by atoms with Crippen LogP contribution in [0.1, 0.15) is 60.3 Å². The Morgan fingerprint density at radius 1 is 1.33 bits per heavy atom. The van der Waals surface area contributed by atoms with E-state index < -0.39 is 28.5 Å². The highest BCUT2D eigenvalue weighted by molar-refractivity contribution is 5.97. The van der Waals surface area contributed by atoms with Gasteiger partial charge in [-0.25, -0.2) is 0 Å². The lowest BCUT2D eigenvalue weighted by atomic mass is 9.22. The summed E-state index contributed by atoms with van der Waals surface area (Å²) in [6.07, 6.45) is 2.28. The standard InChI is InChI=1S/C22H30O5/c1-11-6-7-21(25)10-22-14-9-26-15(14)8-12(2)19(22,4)18(24)17(27-13(3)23)16(11)20(21,22)5/h12,14-15,17,25H,6-10H2,1-5H3/t12?,14-,15-,17-,19+,20+,21-,22?/m1/s1. The second-order valence-electron chi connectivity index (χ2n) is 10.2. The van der Waals surface area contributed by atoms with Crippen LogP contribution >= 0.6 is 0 Å². The van der Waals surface area contributed by atoms with E-state index in [0.717, 1.165) is 24.0 Å². The SMILES string of the molecule is CC(=O)O[C@H]1C(=O)[C@]2(C)C(C)C[C@H]3OC[C@H]3C23C[C@]2(O)CCC(C)=C1[C@]32C. The van der Waals surface area contributed by atoms with Crippen LogP contribution in [0.2, 0.25) is 0 Å². The second kappa shape index (κ2) is 4.85. The number of allylic oxidation sites excluding steroid dienone is 1. The fourth-order valence-electron chi connectivity index (χ4n) is 8.17. The minimum Gasteiger partial charge on any atom is -0.450 e. The van der Waals surface area contributed by atoms with Crippen molar-refractivity contribution in [2.75, 3.05) is 6.61 Å². The summed E-state index contributed by atoms with van der Waals surface area (Å²) in [4.78, 5) is 25.9. The van der Waals surface area contributed by atoms with Gasteiger partial charge in [-0.15, -0.1) is 0 Å². The number of rotatable bonds is 1. The van der Waals surface area contributed by atoms with Crippen molar-refractivity contribution in [1.29, 1.82) is 0 Å². The monoisotopic (exact) mass is 374 g/mol. The molecule has 3 saturated carbocycles. The van der Waals surface area contributed by atoms with Crippen molar-refractivity contribution in [2.24, 2.45) is 28.1 Å². The average molecular weight is 374 g/mol. The van der Waals surface area contributed by atoms with Gasteiger partial charge >= 0.3 is 5.97 Å². The fraction of sp³-hybridized carbons (Fsp3) is 0.818. The maximum Gasteiger partial charge on any atom is 0.303 e. The topological polar surface area (TPSA) is 72.8 Å². The molecule has 0 amide bonds. The highest BCUT2D eigenvalue weighted by atomic mass is 16.5. The number of carbonyl (C=O) groups excluding carboxylic acids is 2. The van der Waals surface area contributed by atoms with Crippen LogP contribution in [0.5, 0.6) is 0 Å². The van der Waals surface area contributed by atoms with Gasteiger partial charge in [-0.2, -0.15) is 0 Å². The van der Waals surface area contributed by atoms with E-state index in [1.807, 2.05) is 6.92 Å². The summed E-state index contributed by atoms with van der Waals surface area (Å²) in [6, 6.07) is 0. The first-order valence-corrected chi connectivity index (χ1v) is 10.3. The quantitative estimate of drug-likeness (QED) is 0.564. The molecule has 4 fully saturated rings. The van der Waals surface area contributed by atoms with E-state index in [1.54, 1.807) is 0 Å². The Kier molecular flexibility index (Phi) is 3.21. The molecular weight excluding hydrogens is 344 g/mol. The van der Waals surface area contributed by atoms with Gasteiger partial charge in [0.15, 0.2) is 11.9 Å². The zero-order valence-electron chi connectivity index (χ0n) is 16.9. The van der Waals surface area contributed by atoms with Crippen molar-refractivity contribution in [3.05, 3.63) is 11.1 Å². The van der Waals surface area contributed by atoms with Crippen LogP contribution in [0.4, 0.5) is 0 Å². The molecule has 0 aromatic heterocycles. The van der Waals surface area contributed by atoms with Gasteiger partial charge in [-0.1, -0.05) is 26.3 Å². The summed E-state index contributed by atoms with van der Waals surface area (Å²) in [6.45, 7) is 10.4. The number of aliphatic hydroxyl groups is 1. The average Bonchev–Trinajstić information content (AvgIpc) is 2.57. The zero-order chi connectivity index (χ0) is 19.6. The lowest BCUT2D eigenvalue weighted by molar-refractivity contribution is -0.380. The number of ketones is 1. The zero-order valence-corrected chi connectivity index (χ0v) is 16.9. The van der Waals surface area contributed by atoms with Crippen LogP contribution in [-0.2, 0) is 19.1 Å². The molecule has 1 saturated heterocycles. The van der Waals surface area contributed by atoms with Crippen molar-refractivity contribution in [1.82, 2.24) is 0 Å². The first kappa shape index (κ1) is 17.9. The first-order valence-electron chi connectivity index (χ1n) is 10.3. The number of ether oxygens (including phenoxy) is 2. The Morgan fingerprint density at radius 3 is 2.63 bits per heavy atom. The highest BCUT2D eigenvalue weighted by Gasteiger charge is 2.87. The Labute approximate surface area is 160 Å². The van der Waals surface area contributed by atoms with Gasteiger partial charge in [0.25, 0.3) is 0 Å². The summed E-state index contributed by atoms with van der Waals surface area (Å²) in [7, 11) is 0. The maximum absolute atomic E-state index is 13.9. The lowest BCUT2D eigenvalue weighted by Gasteiger charge is -2.83. The molecule has 148 valence electrons. The third-order valence-electron chi connectivity index (χ3n) is 9.67. The molecule has 0 aromatic rings. The molecule has 8 atom stereocenters. The minimum atomic E-state index is -0.863. The van der Waals surface area contributed by atoms with Crippen LogP contribution in [0.25, 0.3) is 0 Å². The normalized spacial score (nSPS) is 55.6. The van der Waals surface area contributed by atoms with Crippen LogP contribution in [-0.4, -0.2) is 41.3 Å². The second-order valence-corrected chi connectivity index (χ2v) is 10.2. The van der Waals surface area contributed by atoms with Gasteiger partial charge < -0.3 is 14.6 Å². The van der Waals surface area contributed by atoms with Crippen LogP contribution in [0.3, 0.4) is 0 Å². The van der Waals surface area contributed by atoms with Crippen molar-refractivity contribution in [3.63, 3.8) is 0 Å². The molecule has 1 aliphatic heterocycles. The molecule has 1 heterocycles. The number of hydrogen-bond acceptors (Lipinski definition) is 5. The van der Waals surface area contributed by atoms with E-state index in [4.69, 9.17) is 9.47 Å². The van der Waals surface area contributed by atoms with Gasteiger partial charge in [-0.05, 0) is 44.1 Å². The van der Waals surface area contributed by atoms with Gasteiger partial charge in [0, 0.05) is 29.1 Å². The summed E-state index contributed by atoms with van der Waals surface area (Å²) in [5, 5.41) is 11.7. The van der Waals surface area contributed by atoms with Gasteiger partial charge in [0.05, 0.1) is 18.3 Å². The number of Topliss-reactive ketones (excluding diaryl/α,β-unsaturated/α-hetero) is 1. The highest BCUT2D eigenvalue weighted by Crippen LogP contribution is 2.84. The fourth-order valence-corrected chi connectivity index (χ4v) is 8.17. The van der Waals surface area contributed by atoms with Crippen LogP contribution in [0, 0.1) is 28.1 Å². The minimum absolute atomic E-state index is 0.0336. The Hall–Kier alpha value is -1.20. The van der Waals surface area contributed by atoms with E-state index in [2.05, 4.69) is 20.8 Å². The molecule has 27 heavy (non-hydrogen) atoms. The summed E-state index contributed by atoms with van der Waals surface area (Å²) < 4.78 is 11.6. The van der Waals surface area contributed by atoms with Crippen LogP contribution < -0.4 is 0 Å². The third kappa shape index (κ3) is 1.56. The Morgan fingerprint density at radius 2 is 2.04 bits per heavy atom. The number of esters is 1. The van der Waals surface area contributed by atoms with E-state index >= 15 is 0 Å². The lowest BCUT2D eigenvalue weighted by Crippen LogP contribution is -2.87. The molecule has 5 nitrogen and oxygen atoms in total. The number of carbonyl (C=O) groups is 2. The van der Waals surface area contributed by atoms with Gasteiger partial charge in [-0.3, -0.25) is 9.59 Å². The molecule has 1 N–H and O–H groups in total. The van der Waals surface area contributed by atoms with E-state index in [-0.39, 0.29) is 29.1 Å². The molecule has 0 radical (unpaired) electrons. The predicted molar refractivity (Wildman–Crippen MR) is 97.7 cm³/mol. The molecule has 2 unspecified atom stereocenters. The molecule has 0 bridgehead atoms. The number of hydrogen-bond donors (Lipinski definition) is 1. The predicted octanol–water partition coefficient (Wildman–Crippen LogP) is 2.80. The Balaban J connectivity index is 1.80. The maximum atomic E-state index is 13.9. The summed E-state index contributed by atoms with van der Waals surface area (Å²) >= 11 is 0. The molecule has 0 aromatic carbocycles. The van der Waals surface area contributed by atoms with E-state index in [0.29, 0.717) is 19.4 Å². The third-order valence-corrected chi connectivity index (χ3v) is 9.67. The van der Waals surface area contributed by atoms with Crippen molar-refractivity contribution in [2.45, 2.75) is 78.1 Å². The van der Waals surface area contributed by atoms with E-state index in [1.165, 1.54) is 6.92 Å². The van der Waals surface area contributed by atoms with Crippen LogP contribution in [0.15, 0.2) is 11.1 Å². The summed E-state index contributed by atoms with van der Waals surface area (Å²) in [5.41, 5.74) is -0.329. The molecule has 5 heteroatoms. The molecule has 5 aliphatic rings. The molecule has 4 aliphatic carbocycles. The van der Waals surface area contributed by atoms with Gasteiger partial charge in [0.2, 0.25) is 0 Å². The molecule has 5 rings (SSSR count). The number of fused-ring (bicyclic) bond motifs is 1. The molecular formula is C22H30O5. The van der Waals surface area contributed by atoms with Crippen molar-refractivity contribution in [3.8, 4) is 0 Å². The van der Waals surface area contributed by atoms with Gasteiger partial charge in [0.1, 0.15) is 0 Å². The van der Waals surface area contributed by atoms with Crippen molar-refractivity contribution < 1.29 is 24.2 Å². The molecule has 1 spiro atoms. The first-order chi connectivity index (χ1) is 12.5. The van der Waals surface area contributed by atoms with Crippen molar-refractivity contribution >= 4 is 11.8 Å². The Bertz CT molecular complexity index is 801. The summed E-state index contributed by atoms with van der Waals surface area (Å²) in [5.74, 6) is 0.00305. The smallest absolute Gasteiger partial charge is 0.303 e. The van der Waals surface area contributed by atoms with E-state index in [9.17, 15) is 14.7 Å².